The minimum absolute atomic E-state index is 0.0185. The van der Waals surface area contributed by atoms with Crippen molar-refractivity contribution >= 4 is 0 Å². The van der Waals surface area contributed by atoms with Gasteiger partial charge in [-0.05, 0) is 23.3 Å². The van der Waals surface area contributed by atoms with Crippen LogP contribution >= 0.6 is 0 Å². The third-order valence-corrected chi connectivity index (χ3v) is 2.47. The van der Waals surface area contributed by atoms with Gasteiger partial charge in [0.2, 0.25) is 0 Å². The summed E-state index contributed by atoms with van der Waals surface area (Å²) in [6.07, 6.45) is 1.40. The van der Waals surface area contributed by atoms with Crippen molar-refractivity contribution in [2.45, 2.75) is 19.1 Å². The molecule has 2 aromatic rings. The molecule has 0 aliphatic rings. The summed E-state index contributed by atoms with van der Waals surface area (Å²) in [4.78, 5) is 0. The third kappa shape index (κ3) is 2.51. The molecule has 3 heteroatoms. The lowest BCUT2D eigenvalue weighted by atomic mass is 10.0. The van der Waals surface area contributed by atoms with E-state index in [1.54, 1.807) is 18.4 Å². The average molecular weight is 218 g/mol. The molecule has 16 heavy (non-hydrogen) atoms. The van der Waals surface area contributed by atoms with Crippen LogP contribution in [0.3, 0.4) is 0 Å². The Morgan fingerprint density at radius 3 is 2.62 bits per heavy atom. The van der Waals surface area contributed by atoms with Crippen molar-refractivity contribution in [3.63, 3.8) is 0 Å². The van der Waals surface area contributed by atoms with Crippen LogP contribution in [0, 0.1) is 0 Å². The quantitative estimate of drug-likeness (QED) is 0.825. The molecule has 0 aliphatic carbocycles. The SMILES string of the molecule is OCc1cccc(CC(O)c2ccco2)c1. The van der Waals surface area contributed by atoms with Gasteiger partial charge < -0.3 is 14.6 Å². The molecule has 2 N–H and O–H groups in total. The summed E-state index contributed by atoms with van der Waals surface area (Å²) < 4.78 is 5.12. The molecule has 1 atom stereocenters. The molecule has 0 saturated carbocycles. The first-order chi connectivity index (χ1) is 7.79. The van der Waals surface area contributed by atoms with Gasteiger partial charge in [-0.15, -0.1) is 0 Å². The van der Waals surface area contributed by atoms with E-state index in [0.29, 0.717) is 12.2 Å². The van der Waals surface area contributed by atoms with E-state index in [9.17, 15) is 5.11 Å². The highest BCUT2D eigenvalue weighted by Gasteiger charge is 2.11. The Morgan fingerprint density at radius 2 is 1.94 bits per heavy atom. The van der Waals surface area contributed by atoms with E-state index >= 15 is 0 Å². The van der Waals surface area contributed by atoms with Crippen molar-refractivity contribution in [3.8, 4) is 0 Å². The number of aliphatic hydroxyl groups is 2. The fourth-order valence-corrected chi connectivity index (χ4v) is 1.66. The summed E-state index contributed by atoms with van der Waals surface area (Å²) in [7, 11) is 0. The molecular weight excluding hydrogens is 204 g/mol. The first kappa shape index (κ1) is 10.9. The monoisotopic (exact) mass is 218 g/mol. The van der Waals surface area contributed by atoms with E-state index in [1.807, 2.05) is 24.3 Å². The summed E-state index contributed by atoms with van der Waals surface area (Å²) in [5.74, 6) is 0.564. The molecule has 0 radical (unpaired) electrons. The molecule has 1 heterocycles. The highest BCUT2D eigenvalue weighted by molar-refractivity contribution is 5.24. The van der Waals surface area contributed by atoms with Gasteiger partial charge in [0.05, 0.1) is 12.9 Å². The van der Waals surface area contributed by atoms with Crippen LogP contribution in [0.5, 0.6) is 0 Å². The zero-order valence-electron chi connectivity index (χ0n) is 8.84. The molecule has 0 bridgehead atoms. The van der Waals surface area contributed by atoms with Crippen LogP contribution < -0.4 is 0 Å². The van der Waals surface area contributed by atoms with Crippen LogP contribution in [0.1, 0.15) is 23.0 Å². The number of benzene rings is 1. The van der Waals surface area contributed by atoms with Gasteiger partial charge in [0.15, 0.2) is 0 Å². The maximum atomic E-state index is 9.87. The molecule has 0 aliphatic heterocycles. The summed E-state index contributed by atoms with van der Waals surface area (Å²) >= 11 is 0. The summed E-state index contributed by atoms with van der Waals surface area (Å²) in [5, 5.41) is 18.9. The van der Waals surface area contributed by atoms with Gasteiger partial charge in [0.1, 0.15) is 11.9 Å². The fourth-order valence-electron chi connectivity index (χ4n) is 1.66. The van der Waals surface area contributed by atoms with E-state index in [4.69, 9.17) is 9.52 Å². The topological polar surface area (TPSA) is 53.6 Å². The lowest BCUT2D eigenvalue weighted by Crippen LogP contribution is -2.00. The largest absolute Gasteiger partial charge is 0.467 e. The van der Waals surface area contributed by atoms with Gasteiger partial charge in [-0.2, -0.15) is 0 Å². The van der Waals surface area contributed by atoms with Crippen LogP contribution in [0.2, 0.25) is 0 Å². The number of aliphatic hydroxyl groups excluding tert-OH is 2. The van der Waals surface area contributed by atoms with Gasteiger partial charge in [-0.1, -0.05) is 24.3 Å². The Labute approximate surface area is 94.0 Å². The molecule has 84 valence electrons. The maximum absolute atomic E-state index is 9.87. The van der Waals surface area contributed by atoms with E-state index in [1.165, 1.54) is 0 Å². The van der Waals surface area contributed by atoms with Crippen molar-refractivity contribution in [2.75, 3.05) is 0 Å². The Hall–Kier alpha value is -1.58. The second-order valence-corrected chi connectivity index (χ2v) is 3.71. The normalized spacial score (nSPS) is 12.6. The van der Waals surface area contributed by atoms with Crippen LogP contribution in [0.25, 0.3) is 0 Å². The smallest absolute Gasteiger partial charge is 0.132 e. The zero-order valence-corrected chi connectivity index (χ0v) is 8.84. The molecule has 0 fully saturated rings. The lowest BCUT2D eigenvalue weighted by molar-refractivity contribution is 0.150. The minimum Gasteiger partial charge on any atom is -0.467 e. The first-order valence-electron chi connectivity index (χ1n) is 5.19. The highest BCUT2D eigenvalue weighted by atomic mass is 16.4. The molecule has 0 amide bonds. The van der Waals surface area contributed by atoms with Gasteiger partial charge in [-0.25, -0.2) is 0 Å². The second-order valence-electron chi connectivity index (χ2n) is 3.71. The molecular formula is C13H14O3. The predicted octanol–water partition coefficient (Wildman–Crippen LogP) is 2.05. The molecule has 2 rings (SSSR count). The Bertz CT molecular complexity index is 434. The Morgan fingerprint density at radius 1 is 1.12 bits per heavy atom. The van der Waals surface area contributed by atoms with Crippen molar-refractivity contribution in [1.82, 2.24) is 0 Å². The lowest BCUT2D eigenvalue weighted by Gasteiger charge is -2.08. The van der Waals surface area contributed by atoms with E-state index < -0.39 is 6.10 Å². The van der Waals surface area contributed by atoms with Gasteiger partial charge >= 0.3 is 0 Å². The molecule has 0 saturated heterocycles. The summed E-state index contributed by atoms with van der Waals surface area (Å²) in [5.41, 5.74) is 1.83. The van der Waals surface area contributed by atoms with Crippen molar-refractivity contribution in [2.24, 2.45) is 0 Å². The van der Waals surface area contributed by atoms with E-state index in [-0.39, 0.29) is 6.61 Å². The molecule has 3 nitrogen and oxygen atoms in total. The standard InChI is InChI=1S/C13H14O3/c14-9-11-4-1-3-10(7-11)8-12(15)13-5-2-6-16-13/h1-7,12,14-15H,8-9H2. The second kappa shape index (κ2) is 4.96. The van der Waals surface area contributed by atoms with Crippen molar-refractivity contribution in [3.05, 3.63) is 59.5 Å². The van der Waals surface area contributed by atoms with Crippen molar-refractivity contribution in [1.29, 1.82) is 0 Å². The summed E-state index contributed by atoms with van der Waals surface area (Å²) in [6.45, 7) is 0.0185. The number of hydrogen-bond acceptors (Lipinski definition) is 3. The number of furan rings is 1. The highest BCUT2D eigenvalue weighted by Crippen LogP contribution is 2.19. The van der Waals surface area contributed by atoms with Crippen molar-refractivity contribution < 1.29 is 14.6 Å². The maximum Gasteiger partial charge on any atom is 0.132 e. The van der Waals surface area contributed by atoms with Gasteiger partial charge in [-0.3, -0.25) is 0 Å². The summed E-state index contributed by atoms with van der Waals surface area (Å²) in [6, 6.07) is 11.0. The minimum atomic E-state index is -0.635. The fraction of sp³-hybridized carbons (Fsp3) is 0.231. The van der Waals surface area contributed by atoms with Crippen LogP contribution in [-0.4, -0.2) is 10.2 Å². The Balaban J connectivity index is 2.08. The van der Waals surface area contributed by atoms with Crippen LogP contribution in [-0.2, 0) is 13.0 Å². The van der Waals surface area contributed by atoms with Gasteiger partial charge in [0.25, 0.3) is 0 Å². The zero-order chi connectivity index (χ0) is 11.4. The number of hydrogen-bond donors (Lipinski definition) is 2. The molecule has 0 spiro atoms. The Kier molecular flexibility index (Phi) is 3.39. The number of rotatable bonds is 4. The average Bonchev–Trinajstić information content (AvgIpc) is 2.83. The van der Waals surface area contributed by atoms with E-state index in [2.05, 4.69) is 0 Å². The predicted molar refractivity (Wildman–Crippen MR) is 59.7 cm³/mol. The molecule has 1 aromatic carbocycles. The molecule has 1 aromatic heterocycles. The third-order valence-electron chi connectivity index (χ3n) is 2.47. The first-order valence-corrected chi connectivity index (χ1v) is 5.19. The van der Waals surface area contributed by atoms with Crippen LogP contribution in [0.15, 0.2) is 47.1 Å². The van der Waals surface area contributed by atoms with Crippen LogP contribution in [0.4, 0.5) is 0 Å². The molecule has 1 unspecified atom stereocenters. The van der Waals surface area contributed by atoms with E-state index in [0.717, 1.165) is 11.1 Å². The van der Waals surface area contributed by atoms with Gasteiger partial charge in [0, 0.05) is 6.42 Å².